The number of phenols is 1. The van der Waals surface area contributed by atoms with Crippen LogP contribution in [0.25, 0.3) is 6.08 Å². The molecule has 1 aliphatic heterocycles. The first kappa shape index (κ1) is 27.0. The number of nitrogens with zero attached hydrogens (tertiary/aromatic N) is 2. The van der Waals surface area contributed by atoms with E-state index in [-0.39, 0.29) is 23.5 Å². The first-order chi connectivity index (χ1) is 18.3. The molecule has 200 valence electrons. The Hall–Kier alpha value is -4.05. The highest BCUT2D eigenvalue weighted by atomic mass is 32.1. The summed E-state index contributed by atoms with van der Waals surface area (Å²) in [6.45, 7) is 8.14. The molecule has 38 heavy (non-hydrogen) atoms. The lowest BCUT2D eigenvalue weighted by molar-refractivity contribution is -0.139. The summed E-state index contributed by atoms with van der Waals surface area (Å²) in [6.07, 6.45) is 1.71. The number of fused-ring (bicyclic) bond motifs is 1. The van der Waals surface area contributed by atoms with Crippen molar-refractivity contribution < 1.29 is 28.8 Å². The van der Waals surface area contributed by atoms with Gasteiger partial charge in [0.25, 0.3) is 5.56 Å². The molecule has 1 aliphatic rings. The van der Waals surface area contributed by atoms with Crippen LogP contribution in [0.5, 0.6) is 23.0 Å². The Morgan fingerprint density at radius 3 is 2.47 bits per heavy atom. The first-order valence-corrected chi connectivity index (χ1v) is 13.1. The van der Waals surface area contributed by atoms with Crippen molar-refractivity contribution >= 4 is 23.4 Å². The van der Waals surface area contributed by atoms with Crippen LogP contribution >= 0.6 is 11.3 Å². The number of aromatic hydroxyl groups is 1. The van der Waals surface area contributed by atoms with Crippen LogP contribution in [0.1, 0.15) is 44.9 Å². The van der Waals surface area contributed by atoms with Crippen molar-refractivity contribution in [3.05, 3.63) is 78.5 Å². The van der Waals surface area contributed by atoms with E-state index in [1.807, 2.05) is 13.8 Å². The Balaban J connectivity index is 1.94. The van der Waals surface area contributed by atoms with E-state index in [9.17, 15) is 14.7 Å². The Bertz CT molecular complexity index is 1570. The second-order valence-corrected chi connectivity index (χ2v) is 9.31. The van der Waals surface area contributed by atoms with E-state index in [4.69, 9.17) is 18.9 Å². The van der Waals surface area contributed by atoms with Gasteiger partial charge < -0.3 is 24.1 Å². The number of carbonyl (C=O) groups excluding carboxylic acids is 1. The molecule has 0 radical (unpaired) electrons. The second kappa shape index (κ2) is 11.6. The average Bonchev–Trinajstić information content (AvgIpc) is 3.19. The van der Waals surface area contributed by atoms with Gasteiger partial charge in [-0.3, -0.25) is 9.36 Å². The van der Waals surface area contributed by atoms with Crippen LogP contribution in [0.2, 0.25) is 0 Å². The van der Waals surface area contributed by atoms with Gasteiger partial charge in [-0.25, -0.2) is 9.79 Å². The SMILES string of the molecule is CCOC(=O)C1=C(C)N=c2s/c(=C/c3ccc(O)c(OCC)c3)c(=O)n2C1c1ccc(OC)c(OCC)c1. The second-order valence-electron chi connectivity index (χ2n) is 8.31. The van der Waals surface area contributed by atoms with Crippen LogP contribution in [0.3, 0.4) is 0 Å². The average molecular weight is 539 g/mol. The van der Waals surface area contributed by atoms with Crippen molar-refractivity contribution in [2.45, 2.75) is 33.7 Å². The maximum absolute atomic E-state index is 13.8. The predicted molar refractivity (Wildman–Crippen MR) is 144 cm³/mol. The third-order valence-electron chi connectivity index (χ3n) is 5.90. The molecule has 4 rings (SSSR count). The summed E-state index contributed by atoms with van der Waals surface area (Å²) in [4.78, 5) is 32.0. The standard InChI is InChI=1S/C28H30N2O7S/c1-6-35-21-13-17(9-11-19(21)31)14-23-26(32)30-25(18-10-12-20(34-5)22(15-18)36-7-2)24(27(33)37-8-3)16(4)29-28(30)38-23/h9-15,25,31H,6-8H2,1-5H3/b23-14+. The van der Waals surface area contributed by atoms with Gasteiger partial charge in [0, 0.05) is 0 Å². The molecule has 1 aromatic heterocycles. The summed E-state index contributed by atoms with van der Waals surface area (Å²) in [6, 6.07) is 9.43. The Labute approximate surface area is 223 Å². The lowest BCUT2D eigenvalue weighted by Crippen LogP contribution is -2.40. The van der Waals surface area contributed by atoms with Gasteiger partial charge in [0.2, 0.25) is 0 Å². The molecule has 0 amide bonds. The zero-order valence-electron chi connectivity index (χ0n) is 21.9. The lowest BCUT2D eigenvalue weighted by Gasteiger charge is -2.25. The Morgan fingerprint density at radius 1 is 1.05 bits per heavy atom. The van der Waals surface area contributed by atoms with Gasteiger partial charge in [-0.2, -0.15) is 0 Å². The van der Waals surface area contributed by atoms with Crippen molar-refractivity contribution in [2.24, 2.45) is 4.99 Å². The summed E-state index contributed by atoms with van der Waals surface area (Å²) in [7, 11) is 1.55. The van der Waals surface area contributed by atoms with Crippen LogP contribution < -0.4 is 29.1 Å². The Morgan fingerprint density at radius 2 is 1.79 bits per heavy atom. The van der Waals surface area contributed by atoms with Crippen molar-refractivity contribution in [1.82, 2.24) is 4.57 Å². The number of allylic oxidation sites excluding steroid dienone is 1. The lowest BCUT2D eigenvalue weighted by atomic mass is 9.95. The van der Waals surface area contributed by atoms with Crippen LogP contribution in [-0.2, 0) is 9.53 Å². The number of hydrogen-bond donors (Lipinski definition) is 1. The number of rotatable bonds is 9. The van der Waals surface area contributed by atoms with Crippen molar-refractivity contribution in [2.75, 3.05) is 26.9 Å². The van der Waals surface area contributed by atoms with Crippen LogP contribution in [0, 0.1) is 0 Å². The zero-order chi connectivity index (χ0) is 27.4. The van der Waals surface area contributed by atoms with E-state index >= 15 is 0 Å². The fraction of sp³-hybridized carbons (Fsp3) is 0.321. The van der Waals surface area contributed by atoms with Crippen molar-refractivity contribution in [3.63, 3.8) is 0 Å². The molecule has 10 heteroatoms. The quantitative estimate of drug-likeness (QED) is 0.417. The van der Waals surface area contributed by atoms with E-state index in [2.05, 4.69) is 4.99 Å². The zero-order valence-corrected chi connectivity index (χ0v) is 22.8. The van der Waals surface area contributed by atoms with Gasteiger partial charge in [0.1, 0.15) is 0 Å². The highest BCUT2D eigenvalue weighted by Gasteiger charge is 2.34. The smallest absolute Gasteiger partial charge is 0.338 e. The molecule has 0 fully saturated rings. The predicted octanol–water partition coefficient (Wildman–Crippen LogP) is 3.31. The molecular weight excluding hydrogens is 508 g/mol. The maximum Gasteiger partial charge on any atom is 0.338 e. The van der Waals surface area contributed by atoms with Gasteiger partial charge in [0.15, 0.2) is 27.8 Å². The maximum atomic E-state index is 13.8. The molecule has 1 unspecified atom stereocenters. The number of thiazole rings is 1. The molecule has 2 heterocycles. The summed E-state index contributed by atoms with van der Waals surface area (Å²) >= 11 is 1.21. The number of aromatic nitrogens is 1. The summed E-state index contributed by atoms with van der Waals surface area (Å²) in [5.74, 6) is 0.847. The van der Waals surface area contributed by atoms with Gasteiger partial charge >= 0.3 is 5.97 Å². The van der Waals surface area contributed by atoms with E-state index < -0.39 is 12.0 Å². The number of phenolic OH excluding ortho intramolecular Hbond substituents is 1. The largest absolute Gasteiger partial charge is 0.504 e. The third-order valence-corrected chi connectivity index (χ3v) is 6.88. The number of hydrogen-bond acceptors (Lipinski definition) is 9. The molecule has 3 aromatic rings. The summed E-state index contributed by atoms with van der Waals surface area (Å²) < 4.78 is 24.0. The van der Waals surface area contributed by atoms with Crippen molar-refractivity contribution in [3.8, 4) is 23.0 Å². The van der Waals surface area contributed by atoms with Gasteiger partial charge in [-0.15, -0.1) is 0 Å². The van der Waals surface area contributed by atoms with Gasteiger partial charge in [0.05, 0.1) is 48.8 Å². The van der Waals surface area contributed by atoms with Crippen LogP contribution in [-0.4, -0.2) is 42.6 Å². The molecule has 0 spiro atoms. The molecule has 2 aromatic carbocycles. The highest BCUT2D eigenvalue weighted by molar-refractivity contribution is 7.07. The van der Waals surface area contributed by atoms with Gasteiger partial charge in [-0.1, -0.05) is 23.5 Å². The molecule has 1 atom stereocenters. The number of benzene rings is 2. The van der Waals surface area contributed by atoms with E-state index in [0.29, 0.717) is 56.6 Å². The Kier molecular flexibility index (Phi) is 8.21. The molecule has 0 aliphatic carbocycles. The highest BCUT2D eigenvalue weighted by Crippen LogP contribution is 2.36. The van der Waals surface area contributed by atoms with Crippen molar-refractivity contribution in [1.29, 1.82) is 0 Å². The van der Waals surface area contributed by atoms with E-state index in [0.717, 1.165) is 0 Å². The normalized spacial score (nSPS) is 15.1. The minimum atomic E-state index is -0.781. The minimum absolute atomic E-state index is 0.0183. The number of esters is 1. The van der Waals surface area contributed by atoms with Crippen LogP contribution in [0.4, 0.5) is 0 Å². The topological polar surface area (TPSA) is 109 Å². The summed E-state index contributed by atoms with van der Waals surface area (Å²) in [5.41, 5.74) is 1.77. The van der Waals surface area contributed by atoms with Gasteiger partial charge in [-0.05, 0) is 69.2 Å². The molecule has 0 bridgehead atoms. The summed E-state index contributed by atoms with van der Waals surface area (Å²) in [5, 5.41) is 10.0. The number of carbonyl (C=O) groups is 1. The van der Waals surface area contributed by atoms with E-state index in [1.54, 1.807) is 57.4 Å². The molecule has 9 nitrogen and oxygen atoms in total. The number of methoxy groups -OCH3 is 1. The molecule has 0 saturated heterocycles. The number of ether oxygens (including phenoxy) is 4. The third kappa shape index (κ3) is 5.17. The van der Waals surface area contributed by atoms with E-state index in [1.165, 1.54) is 22.0 Å². The first-order valence-electron chi connectivity index (χ1n) is 12.3. The fourth-order valence-corrected chi connectivity index (χ4v) is 5.33. The molecular formula is C28H30N2O7S. The minimum Gasteiger partial charge on any atom is -0.504 e. The monoisotopic (exact) mass is 538 g/mol. The molecule has 0 saturated carbocycles. The van der Waals surface area contributed by atoms with Crippen LogP contribution in [0.15, 0.2) is 57.5 Å². The molecule has 1 N–H and O–H groups in total. The fourth-order valence-electron chi connectivity index (χ4n) is 4.28.